The van der Waals surface area contributed by atoms with Gasteiger partial charge in [-0.1, -0.05) is 29.3 Å². The zero-order chi connectivity index (χ0) is 12.0. The Balaban J connectivity index is 2.54. The van der Waals surface area contributed by atoms with Crippen LogP contribution in [0, 0.1) is 5.92 Å². The first-order valence-electron chi connectivity index (χ1n) is 5.14. The lowest BCUT2D eigenvalue weighted by Gasteiger charge is -2.13. The van der Waals surface area contributed by atoms with E-state index in [4.69, 9.17) is 0 Å². The van der Waals surface area contributed by atoms with E-state index in [9.17, 15) is 8.42 Å². The van der Waals surface area contributed by atoms with Crippen LogP contribution in [-0.4, -0.2) is 30.3 Å². The van der Waals surface area contributed by atoms with E-state index < -0.39 is 10.0 Å². The monoisotopic (exact) mass is 309 g/mol. The Morgan fingerprint density at radius 2 is 2.38 bits per heavy atom. The average Bonchev–Trinajstić information content (AvgIpc) is 2.78. The Morgan fingerprint density at radius 1 is 1.62 bits per heavy atom. The number of H-pyrrole nitrogens is 1. The standard InChI is InChI=1S/C9H16BrN3O2S/c1-2-8(3-4-10)5-13-16(14,15)9-6-11-7-12-9/h6-8,13H,2-5H2,1H3,(H,11,12). The molecule has 0 saturated heterocycles. The smallest absolute Gasteiger partial charge is 0.257 e. The molecule has 1 aromatic heterocycles. The van der Waals surface area contributed by atoms with Gasteiger partial charge in [0.15, 0.2) is 5.03 Å². The van der Waals surface area contributed by atoms with Crippen molar-refractivity contribution in [2.24, 2.45) is 5.92 Å². The number of sulfonamides is 1. The van der Waals surface area contributed by atoms with Gasteiger partial charge in [0.25, 0.3) is 10.0 Å². The maximum atomic E-state index is 11.7. The molecule has 1 aromatic rings. The number of aromatic amines is 1. The van der Waals surface area contributed by atoms with E-state index in [2.05, 4.69) is 37.5 Å². The molecule has 5 nitrogen and oxygen atoms in total. The first kappa shape index (κ1) is 13.7. The number of halogens is 1. The minimum absolute atomic E-state index is 0.112. The van der Waals surface area contributed by atoms with Crippen molar-refractivity contribution in [2.75, 3.05) is 11.9 Å². The summed E-state index contributed by atoms with van der Waals surface area (Å²) in [6.45, 7) is 2.52. The molecular weight excluding hydrogens is 294 g/mol. The van der Waals surface area contributed by atoms with E-state index in [0.717, 1.165) is 18.2 Å². The molecule has 92 valence electrons. The molecule has 0 aromatic carbocycles. The Kier molecular flexibility index (Phi) is 5.43. The summed E-state index contributed by atoms with van der Waals surface area (Å²) < 4.78 is 26.0. The molecule has 1 heterocycles. The Bertz CT molecular complexity index is 391. The molecule has 1 unspecified atom stereocenters. The number of nitrogens with one attached hydrogen (secondary N) is 2. The highest BCUT2D eigenvalue weighted by Gasteiger charge is 2.16. The highest BCUT2D eigenvalue weighted by molar-refractivity contribution is 9.09. The van der Waals surface area contributed by atoms with Crippen molar-refractivity contribution < 1.29 is 8.42 Å². The fraction of sp³-hybridized carbons (Fsp3) is 0.667. The second-order valence-corrected chi connectivity index (χ2v) is 6.05. The van der Waals surface area contributed by atoms with Gasteiger partial charge in [0.05, 0.1) is 12.5 Å². The summed E-state index contributed by atoms with van der Waals surface area (Å²) >= 11 is 3.36. The van der Waals surface area contributed by atoms with Crippen LogP contribution in [-0.2, 0) is 10.0 Å². The summed E-state index contributed by atoms with van der Waals surface area (Å²) in [5, 5.41) is 0.998. The Labute approximate surface area is 104 Å². The van der Waals surface area contributed by atoms with E-state index in [0.29, 0.717) is 12.5 Å². The minimum atomic E-state index is -3.42. The van der Waals surface area contributed by atoms with Gasteiger partial charge in [-0.25, -0.2) is 18.1 Å². The number of hydrogen-bond acceptors (Lipinski definition) is 3. The topological polar surface area (TPSA) is 74.8 Å². The van der Waals surface area contributed by atoms with Gasteiger partial charge in [0.1, 0.15) is 0 Å². The lowest BCUT2D eigenvalue weighted by atomic mass is 10.0. The summed E-state index contributed by atoms with van der Waals surface area (Å²) in [6.07, 6.45) is 4.57. The molecule has 0 aliphatic carbocycles. The maximum Gasteiger partial charge on any atom is 0.257 e. The van der Waals surface area contributed by atoms with Gasteiger partial charge in [0.2, 0.25) is 0 Å². The van der Waals surface area contributed by atoms with Gasteiger partial charge < -0.3 is 4.98 Å². The summed E-state index contributed by atoms with van der Waals surface area (Å²) in [7, 11) is -3.42. The minimum Gasteiger partial charge on any atom is -0.335 e. The number of alkyl halides is 1. The fourth-order valence-electron chi connectivity index (χ4n) is 1.30. The summed E-state index contributed by atoms with van der Waals surface area (Å²) in [5.74, 6) is 0.358. The quantitative estimate of drug-likeness (QED) is 0.750. The van der Waals surface area contributed by atoms with Gasteiger partial charge >= 0.3 is 0 Å². The maximum absolute atomic E-state index is 11.7. The third-order valence-corrected chi connectivity index (χ3v) is 4.23. The van der Waals surface area contributed by atoms with Crippen molar-refractivity contribution >= 4 is 26.0 Å². The molecule has 16 heavy (non-hydrogen) atoms. The Morgan fingerprint density at radius 3 is 2.88 bits per heavy atom. The first-order valence-corrected chi connectivity index (χ1v) is 7.74. The zero-order valence-corrected chi connectivity index (χ0v) is 11.5. The summed E-state index contributed by atoms with van der Waals surface area (Å²) in [5.41, 5.74) is 0. The SMILES string of the molecule is CCC(CCBr)CNS(=O)(=O)c1cnc[nH]1. The number of aromatic nitrogens is 2. The van der Waals surface area contributed by atoms with Crippen LogP contribution >= 0.6 is 15.9 Å². The van der Waals surface area contributed by atoms with E-state index in [1.807, 2.05) is 0 Å². The lowest BCUT2D eigenvalue weighted by molar-refractivity contribution is 0.482. The van der Waals surface area contributed by atoms with E-state index >= 15 is 0 Å². The average molecular weight is 310 g/mol. The molecule has 7 heteroatoms. The molecule has 1 atom stereocenters. The molecule has 0 aliphatic rings. The first-order chi connectivity index (χ1) is 7.60. The molecular formula is C9H16BrN3O2S. The van der Waals surface area contributed by atoms with Crippen LogP contribution in [0.3, 0.4) is 0 Å². The van der Waals surface area contributed by atoms with E-state index in [1.54, 1.807) is 0 Å². The van der Waals surface area contributed by atoms with Gasteiger partial charge in [-0.2, -0.15) is 0 Å². The van der Waals surface area contributed by atoms with Crippen molar-refractivity contribution in [1.29, 1.82) is 0 Å². The number of hydrogen-bond donors (Lipinski definition) is 2. The van der Waals surface area contributed by atoms with Gasteiger partial charge in [0, 0.05) is 11.9 Å². The van der Waals surface area contributed by atoms with Crippen LogP contribution in [0.1, 0.15) is 19.8 Å². The molecule has 1 rings (SSSR count). The molecule has 0 fully saturated rings. The highest BCUT2D eigenvalue weighted by atomic mass is 79.9. The molecule has 0 saturated carbocycles. The molecule has 0 radical (unpaired) electrons. The highest BCUT2D eigenvalue weighted by Crippen LogP contribution is 2.10. The molecule has 0 aliphatic heterocycles. The third-order valence-electron chi connectivity index (χ3n) is 2.42. The third kappa shape index (κ3) is 3.88. The molecule has 0 bridgehead atoms. The summed E-state index contributed by atoms with van der Waals surface area (Å²) in [6, 6.07) is 0. The van der Waals surface area contributed by atoms with Crippen LogP contribution < -0.4 is 4.72 Å². The molecule has 0 spiro atoms. The normalized spacial score (nSPS) is 13.9. The second kappa shape index (κ2) is 6.36. The van der Waals surface area contributed by atoms with Crippen molar-refractivity contribution in [1.82, 2.24) is 14.7 Å². The van der Waals surface area contributed by atoms with Crippen molar-refractivity contribution in [3.05, 3.63) is 12.5 Å². The van der Waals surface area contributed by atoms with Gasteiger partial charge in [-0.3, -0.25) is 0 Å². The van der Waals surface area contributed by atoms with Crippen LogP contribution in [0.15, 0.2) is 17.6 Å². The van der Waals surface area contributed by atoms with Crippen LogP contribution in [0.25, 0.3) is 0 Å². The summed E-state index contributed by atoms with van der Waals surface area (Å²) in [4.78, 5) is 6.27. The van der Waals surface area contributed by atoms with Crippen LogP contribution in [0.4, 0.5) is 0 Å². The van der Waals surface area contributed by atoms with Gasteiger partial charge in [-0.15, -0.1) is 0 Å². The predicted octanol–water partition coefficient (Wildman–Crippen LogP) is 1.50. The number of rotatable bonds is 7. The largest absolute Gasteiger partial charge is 0.335 e. The Hall–Kier alpha value is -0.400. The van der Waals surface area contributed by atoms with E-state index in [1.165, 1.54) is 12.5 Å². The predicted molar refractivity (Wildman–Crippen MR) is 66.0 cm³/mol. The second-order valence-electron chi connectivity index (χ2n) is 3.52. The number of nitrogens with zero attached hydrogens (tertiary/aromatic N) is 1. The van der Waals surface area contributed by atoms with Crippen molar-refractivity contribution in [3.63, 3.8) is 0 Å². The van der Waals surface area contributed by atoms with Crippen molar-refractivity contribution in [3.8, 4) is 0 Å². The number of imidazole rings is 1. The fourth-order valence-corrected chi connectivity index (χ4v) is 2.97. The van der Waals surface area contributed by atoms with Gasteiger partial charge in [-0.05, 0) is 12.3 Å². The van der Waals surface area contributed by atoms with Crippen molar-refractivity contribution in [2.45, 2.75) is 24.8 Å². The zero-order valence-electron chi connectivity index (χ0n) is 9.11. The lowest BCUT2D eigenvalue weighted by Crippen LogP contribution is -2.29. The van der Waals surface area contributed by atoms with Crippen LogP contribution in [0.2, 0.25) is 0 Å². The molecule has 0 amide bonds. The molecule has 2 N–H and O–H groups in total. The van der Waals surface area contributed by atoms with Crippen LogP contribution in [0.5, 0.6) is 0 Å². The van der Waals surface area contributed by atoms with E-state index in [-0.39, 0.29) is 5.03 Å².